The van der Waals surface area contributed by atoms with Crippen molar-refractivity contribution in [3.05, 3.63) is 114 Å². The van der Waals surface area contributed by atoms with Gasteiger partial charge in [0.1, 0.15) is 5.82 Å². The van der Waals surface area contributed by atoms with Crippen molar-refractivity contribution in [2.24, 2.45) is 0 Å². The van der Waals surface area contributed by atoms with Crippen LogP contribution in [0.15, 0.2) is 91.0 Å². The molecule has 6 rings (SSSR count). The number of carbonyl (C=O) groups is 3. The monoisotopic (exact) mass is 627 g/mol. The van der Waals surface area contributed by atoms with Crippen LogP contribution in [0.2, 0.25) is 0 Å². The van der Waals surface area contributed by atoms with Crippen LogP contribution in [0.3, 0.4) is 0 Å². The molecule has 47 heavy (non-hydrogen) atoms. The van der Waals surface area contributed by atoms with Crippen molar-refractivity contribution >= 4 is 40.6 Å². The van der Waals surface area contributed by atoms with E-state index in [2.05, 4.69) is 51.7 Å². The minimum atomic E-state index is -0.330. The van der Waals surface area contributed by atoms with Crippen molar-refractivity contribution < 1.29 is 14.4 Å². The highest BCUT2D eigenvalue weighted by atomic mass is 16.2. The number of fused-ring (bicyclic) bond motifs is 1. The van der Waals surface area contributed by atoms with Gasteiger partial charge in [-0.2, -0.15) is 0 Å². The SMILES string of the molecule is CCCCc1nc2ccc(NC(=O)NC3CCCCC3)cc2n1Cc1ccc(-c2ccccc2NC(=O)c2ccccc2C=O)cc1. The second kappa shape index (κ2) is 14.9. The number of aryl methyl sites for hydroxylation is 1. The van der Waals surface area contributed by atoms with Gasteiger partial charge in [0.2, 0.25) is 0 Å². The lowest BCUT2D eigenvalue weighted by Crippen LogP contribution is -2.39. The number of nitrogens with zero attached hydrogens (tertiary/aromatic N) is 2. The topological polar surface area (TPSA) is 105 Å². The number of unbranched alkanes of at least 4 members (excludes halogenated alkanes) is 1. The van der Waals surface area contributed by atoms with Gasteiger partial charge in [0, 0.05) is 41.5 Å². The predicted molar refractivity (Wildman–Crippen MR) is 188 cm³/mol. The number of carbonyl (C=O) groups excluding carboxylic acids is 3. The lowest BCUT2D eigenvalue weighted by molar-refractivity contribution is 0.101. The van der Waals surface area contributed by atoms with Crippen LogP contribution in [0, 0.1) is 0 Å². The van der Waals surface area contributed by atoms with E-state index in [1.54, 1.807) is 24.3 Å². The molecule has 8 nitrogen and oxygen atoms in total. The number of hydrogen-bond acceptors (Lipinski definition) is 4. The molecule has 1 heterocycles. The summed E-state index contributed by atoms with van der Waals surface area (Å²) in [7, 11) is 0. The number of para-hydroxylation sites is 1. The maximum Gasteiger partial charge on any atom is 0.319 e. The number of urea groups is 1. The summed E-state index contributed by atoms with van der Waals surface area (Å²) in [5.74, 6) is 0.696. The van der Waals surface area contributed by atoms with Crippen LogP contribution in [0.25, 0.3) is 22.2 Å². The summed E-state index contributed by atoms with van der Waals surface area (Å²) in [6.45, 7) is 2.81. The number of imidazole rings is 1. The molecule has 8 heteroatoms. The van der Waals surface area contributed by atoms with E-state index in [0.717, 1.165) is 84.2 Å². The first-order chi connectivity index (χ1) is 23.0. The molecule has 0 atom stereocenters. The van der Waals surface area contributed by atoms with Crippen LogP contribution in [0.4, 0.5) is 16.2 Å². The highest BCUT2D eigenvalue weighted by Crippen LogP contribution is 2.30. The molecule has 0 aliphatic heterocycles. The largest absolute Gasteiger partial charge is 0.335 e. The summed E-state index contributed by atoms with van der Waals surface area (Å²) in [5, 5.41) is 9.18. The molecule has 0 saturated heterocycles. The van der Waals surface area contributed by atoms with E-state index >= 15 is 0 Å². The fraction of sp³-hybridized carbons (Fsp3) is 0.282. The van der Waals surface area contributed by atoms with Gasteiger partial charge in [0.05, 0.1) is 16.6 Å². The summed E-state index contributed by atoms with van der Waals surface area (Å²) in [4.78, 5) is 42.3. The average Bonchev–Trinajstić information content (AvgIpc) is 3.44. The summed E-state index contributed by atoms with van der Waals surface area (Å²) in [6, 6.07) is 28.8. The van der Waals surface area contributed by atoms with E-state index in [4.69, 9.17) is 4.98 Å². The zero-order chi connectivity index (χ0) is 32.6. The quantitative estimate of drug-likeness (QED) is 0.128. The molecule has 1 fully saturated rings. The number of aldehydes is 1. The third-order valence-electron chi connectivity index (χ3n) is 8.89. The average molecular weight is 628 g/mol. The first-order valence-corrected chi connectivity index (χ1v) is 16.6. The molecule has 4 aromatic carbocycles. The van der Waals surface area contributed by atoms with Gasteiger partial charge in [-0.1, -0.05) is 93.3 Å². The number of rotatable bonds is 11. The molecule has 1 aliphatic rings. The van der Waals surface area contributed by atoms with E-state index < -0.39 is 0 Å². The zero-order valence-electron chi connectivity index (χ0n) is 26.8. The molecule has 0 unspecified atom stereocenters. The molecular weight excluding hydrogens is 586 g/mol. The van der Waals surface area contributed by atoms with Gasteiger partial charge in [0.25, 0.3) is 5.91 Å². The molecule has 0 radical (unpaired) electrons. The van der Waals surface area contributed by atoms with Gasteiger partial charge in [-0.15, -0.1) is 0 Å². The van der Waals surface area contributed by atoms with E-state index in [1.165, 1.54) is 6.42 Å². The van der Waals surface area contributed by atoms with Gasteiger partial charge in [-0.3, -0.25) is 9.59 Å². The van der Waals surface area contributed by atoms with Crippen molar-refractivity contribution in [3.63, 3.8) is 0 Å². The number of benzene rings is 4. The predicted octanol–water partition coefficient (Wildman–Crippen LogP) is 8.61. The Labute approximate surface area is 275 Å². The molecule has 240 valence electrons. The molecule has 1 saturated carbocycles. The first-order valence-electron chi connectivity index (χ1n) is 16.6. The summed E-state index contributed by atoms with van der Waals surface area (Å²) in [5.41, 5.74) is 6.96. The molecule has 0 bridgehead atoms. The highest BCUT2D eigenvalue weighted by Gasteiger charge is 2.18. The van der Waals surface area contributed by atoms with Gasteiger partial charge in [-0.25, -0.2) is 9.78 Å². The number of amides is 3. The Balaban J connectivity index is 1.22. The Bertz CT molecular complexity index is 1870. The van der Waals surface area contributed by atoms with Gasteiger partial charge >= 0.3 is 6.03 Å². The van der Waals surface area contributed by atoms with E-state index in [9.17, 15) is 14.4 Å². The first kappa shape index (κ1) is 31.7. The van der Waals surface area contributed by atoms with Gasteiger partial charge in [-0.05, 0) is 60.7 Å². The Morgan fingerprint density at radius 2 is 1.66 bits per heavy atom. The summed E-state index contributed by atoms with van der Waals surface area (Å²) in [6.07, 6.45) is 9.32. The number of nitrogens with one attached hydrogen (secondary N) is 3. The minimum Gasteiger partial charge on any atom is -0.335 e. The third-order valence-corrected chi connectivity index (χ3v) is 8.89. The van der Waals surface area contributed by atoms with Crippen LogP contribution in [-0.4, -0.2) is 33.8 Å². The van der Waals surface area contributed by atoms with E-state index in [1.807, 2.05) is 42.5 Å². The standard InChI is InChI=1S/C39H41N5O3/c1-2-3-17-37-42-35-23-22-31(41-39(47)40-30-12-5-4-6-13-30)24-36(35)44(37)25-27-18-20-28(21-19-27)32-14-9-10-16-34(32)43-38(46)33-15-8-7-11-29(33)26-45/h7-11,14-16,18-24,26,30H,2-6,12-13,17,25H2,1H3,(H,43,46)(H2,40,41,47). The van der Waals surface area contributed by atoms with Crippen molar-refractivity contribution in [2.45, 2.75) is 70.9 Å². The van der Waals surface area contributed by atoms with Gasteiger partial charge < -0.3 is 20.5 Å². The summed E-state index contributed by atoms with van der Waals surface area (Å²) >= 11 is 0. The molecule has 1 aliphatic carbocycles. The van der Waals surface area contributed by atoms with Crippen molar-refractivity contribution in [3.8, 4) is 11.1 Å². The van der Waals surface area contributed by atoms with Crippen LogP contribution < -0.4 is 16.0 Å². The Kier molecular flexibility index (Phi) is 10.1. The number of anilines is 2. The van der Waals surface area contributed by atoms with Crippen molar-refractivity contribution in [1.29, 1.82) is 0 Å². The maximum atomic E-state index is 13.1. The zero-order valence-corrected chi connectivity index (χ0v) is 26.8. The lowest BCUT2D eigenvalue weighted by atomic mass is 9.96. The van der Waals surface area contributed by atoms with Gasteiger partial charge in [0.15, 0.2) is 6.29 Å². The van der Waals surface area contributed by atoms with Crippen molar-refractivity contribution in [2.75, 3.05) is 10.6 Å². The molecule has 3 N–H and O–H groups in total. The van der Waals surface area contributed by atoms with E-state index in [0.29, 0.717) is 29.6 Å². The number of aromatic nitrogens is 2. The fourth-order valence-electron chi connectivity index (χ4n) is 6.36. The second-order valence-electron chi connectivity index (χ2n) is 12.3. The highest BCUT2D eigenvalue weighted by molar-refractivity contribution is 6.10. The van der Waals surface area contributed by atoms with Crippen LogP contribution >= 0.6 is 0 Å². The molecule has 5 aromatic rings. The lowest BCUT2D eigenvalue weighted by Gasteiger charge is -2.22. The van der Waals surface area contributed by atoms with E-state index in [-0.39, 0.29) is 18.0 Å². The van der Waals surface area contributed by atoms with Crippen LogP contribution in [0.5, 0.6) is 0 Å². The number of hydrogen-bond donors (Lipinski definition) is 3. The summed E-state index contributed by atoms with van der Waals surface area (Å²) < 4.78 is 2.25. The maximum absolute atomic E-state index is 13.1. The van der Waals surface area contributed by atoms with Crippen LogP contribution in [0.1, 0.15) is 84.0 Å². The molecule has 3 amide bonds. The third kappa shape index (κ3) is 7.60. The second-order valence-corrected chi connectivity index (χ2v) is 12.3. The fourth-order valence-corrected chi connectivity index (χ4v) is 6.36. The Morgan fingerprint density at radius 3 is 2.45 bits per heavy atom. The Morgan fingerprint density at radius 1 is 0.894 bits per heavy atom. The molecule has 0 spiro atoms. The Hall–Kier alpha value is -5.24. The molecular formula is C39H41N5O3. The molecule has 1 aromatic heterocycles. The minimum absolute atomic E-state index is 0.159. The normalized spacial score (nSPS) is 13.3. The van der Waals surface area contributed by atoms with Crippen LogP contribution in [-0.2, 0) is 13.0 Å². The smallest absolute Gasteiger partial charge is 0.319 e. The van der Waals surface area contributed by atoms with Crippen molar-refractivity contribution in [1.82, 2.24) is 14.9 Å².